The van der Waals surface area contributed by atoms with Crippen LogP contribution < -0.4 is 10.2 Å². The van der Waals surface area contributed by atoms with Crippen molar-refractivity contribution >= 4 is 23.4 Å². The number of hydrogen-bond donors (Lipinski definition) is 1. The molecule has 2 aliphatic rings. The van der Waals surface area contributed by atoms with E-state index in [1.165, 1.54) is 15.9 Å². The number of rotatable bonds is 4. The number of halogens is 6. The van der Waals surface area contributed by atoms with E-state index in [0.717, 1.165) is 49.7 Å². The van der Waals surface area contributed by atoms with Gasteiger partial charge in [-0.2, -0.15) is 26.3 Å². The van der Waals surface area contributed by atoms with Gasteiger partial charge in [0.25, 0.3) is 0 Å². The van der Waals surface area contributed by atoms with E-state index in [9.17, 15) is 35.9 Å². The van der Waals surface area contributed by atoms with Gasteiger partial charge in [0.1, 0.15) is 23.8 Å². The minimum Gasteiger partial charge on any atom is -0.309 e. The molecule has 1 saturated heterocycles. The number of hydrogen-bond acceptors (Lipinski definition) is 4. The Balaban J connectivity index is 1.55. The van der Waals surface area contributed by atoms with Crippen LogP contribution in [0.2, 0.25) is 0 Å². The van der Waals surface area contributed by atoms with E-state index in [4.69, 9.17) is 0 Å². The van der Waals surface area contributed by atoms with Gasteiger partial charge < -0.3 is 10.2 Å². The summed E-state index contributed by atoms with van der Waals surface area (Å²) in [6.07, 6.45) is -4.66. The third kappa shape index (κ3) is 5.17. The molecule has 1 aliphatic heterocycles. The van der Waals surface area contributed by atoms with Crippen LogP contribution in [-0.4, -0.2) is 45.4 Å². The van der Waals surface area contributed by atoms with Crippen molar-refractivity contribution in [3.05, 3.63) is 47.9 Å². The van der Waals surface area contributed by atoms with Gasteiger partial charge in [-0.25, -0.2) is 14.8 Å². The molecule has 2 aromatic heterocycles. The van der Waals surface area contributed by atoms with Gasteiger partial charge in [-0.1, -0.05) is 25.3 Å². The highest BCUT2D eigenvalue weighted by Crippen LogP contribution is 2.41. The normalized spacial score (nSPS) is 18.3. The second-order valence-electron chi connectivity index (χ2n) is 8.59. The highest BCUT2D eigenvalue weighted by atomic mass is 19.4. The lowest BCUT2D eigenvalue weighted by Gasteiger charge is -2.39. The minimum absolute atomic E-state index is 0.161. The Bertz CT molecular complexity index is 1100. The molecular formula is C22H21F6N5O2. The van der Waals surface area contributed by atoms with Crippen molar-refractivity contribution in [3.8, 4) is 0 Å². The molecule has 7 nitrogen and oxygen atoms in total. The fourth-order valence-electron chi connectivity index (χ4n) is 4.57. The summed E-state index contributed by atoms with van der Waals surface area (Å²) in [5.74, 6) is -1.04. The zero-order valence-corrected chi connectivity index (χ0v) is 18.3. The smallest absolute Gasteiger partial charge is 0.309 e. The Morgan fingerprint density at radius 3 is 2.26 bits per heavy atom. The topological polar surface area (TPSA) is 78.4 Å². The molecule has 1 saturated carbocycles. The Morgan fingerprint density at radius 1 is 0.971 bits per heavy atom. The van der Waals surface area contributed by atoms with Gasteiger partial charge in [0, 0.05) is 0 Å². The highest BCUT2D eigenvalue weighted by Gasteiger charge is 2.51. The van der Waals surface area contributed by atoms with E-state index in [0.29, 0.717) is 12.8 Å². The molecule has 13 heteroatoms. The first kappa shape index (κ1) is 24.7. The SMILES string of the molecule is O=C(CN1C(=O)N(c2ccc(C(F)(F)F)nc2)CC12CCCCC2)Nc1cccc(C(F)(F)F)n1. The van der Waals surface area contributed by atoms with E-state index in [1.807, 2.05) is 0 Å². The Hall–Kier alpha value is -3.38. The van der Waals surface area contributed by atoms with Crippen LogP contribution in [0.15, 0.2) is 36.5 Å². The third-order valence-corrected chi connectivity index (χ3v) is 6.23. The van der Waals surface area contributed by atoms with Gasteiger partial charge >= 0.3 is 18.4 Å². The average Bonchev–Trinajstić information content (AvgIpc) is 3.04. The standard InChI is InChI=1S/C22H21F6N5O2/c23-21(24,25)15-8-7-14(11-29-15)32-13-20(9-2-1-3-10-20)33(19(32)35)12-18(34)31-17-6-4-5-16(30-17)22(26,27)28/h4-8,11H,1-3,9-10,12-13H2,(H,30,31,34). The monoisotopic (exact) mass is 501 g/mol. The third-order valence-electron chi connectivity index (χ3n) is 6.23. The molecule has 0 atom stereocenters. The van der Waals surface area contributed by atoms with Crippen molar-refractivity contribution in [2.45, 2.75) is 50.0 Å². The van der Waals surface area contributed by atoms with Crippen molar-refractivity contribution in [1.29, 1.82) is 0 Å². The number of carbonyl (C=O) groups excluding carboxylic acids is 2. The first-order chi connectivity index (χ1) is 16.4. The molecule has 1 N–H and O–H groups in total. The summed E-state index contributed by atoms with van der Waals surface area (Å²) in [5.41, 5.74) is -2.82. The number of alkyl halides is 6. The molecule has 4 rings (SSSR count). The molecule has 1 spiro atoms. The fraction of sp³-hybridized carbons (Fsp3) is 0.455. The molecule has 3 amide bonds. The molecule has 0 radical (unpaired) electrons. The number of anilines is 2. The lowest BCUT2D eigenvalue weighted by molar-refractivity contribution is -0.141. The maximum Gasteiger partial charge on any atom is 0.433 e. The van der Waals surface area contributed by atoms with Crippen LogP contribution in [-0.2, 0) is 17.1 Å². The van der Waals surface area contributed by atoms with E-state index >= 15 is 0 Å². The molecule has 0 unspecified atom stereocenters. The first-order valence-electron chi connectivity index (χ1n) is 10.9. The van der Waals surface area contributed by atoms with Crippen molar-refractivity contribution < 1.29 is 35.9 Å². The fourth-order valence-corrected chi connectivity index (χ4v) is 4.57. The second kappa shape index (κ2) is 9.00. The van der Waals surface area contributed by atoms with Gasteiger partial charge in [0.05, 0.1) is 24.0 Å². The van der Waals surface area contributed by atoms with Gasteiger partial charge in [-0.3, -0.25) is 9.69 Å². The lowest BCUT2D eigenvalue weighted by atomic mass is 9.81. The van der Waals surface area contributed by atoms with E-state index < -0.39 is 47.8 Å². The molecule has 0 bridgehead atoms. The number of urea groups is 1. The van der Waals surface area contributed by atoms with Crippen LogP contribution in [0.3, 0.4) is 0 Å². The first-order valence-corrected chi connectivity index (χ1v) is 10.9. The molecule has 3 heterocycles. The van der Waals surface area contributed by atoms with Gasteiger partial charge in [0.15, 0.2) is 0 Å². The van der Waals surface area contributed by atoms with E-state index in [1.54, 1.807) is 0 Å². The zero-order chi connectivity index (χ0) is 25.4. The minimum atomic E-state index is -4.69. The summed E-state index contributed by atoms with van der Waals surface area (Å²) in [6.45, 7) is -0.282. The van der Waals surface area contributed by atoms with Crippen LogP contribution in [0.5, 0.6) is 0 Å². The Morgan fingerprint density at radius 2 is 1.66 bits per heavy atom. The Labute approximate surface area is 196 Å². The molecular weight excluding hydrogens is 480 g/mol. The van der Waals surface area contributed by atoms with Crippen molar-refractivity contribution in [2.24, 2.45) is 0 Å². The predicted octanol–water partition coefficient (Wildman–Crippen LogP) is 5.10. The quantitative estimate of drug-likeness (QED) is 0.592. The summed E-state index contributed by atoms with van der Waals surface area (Å²) in [4.78, 5) is 35.5. The van der Waals surface area contributed by atoms with Gasteiger partial charge in [-0.15, -0.1) is 0 Å². The molecule has 0 aromatic carbocycles. The molecule has 1 aliphatic carbocycles. The van der Waals surface area contributed by atoms with E-state index in [2.05, 4.69) is 15.3 Å². The molecule has 2 fully saturated rings. The van der Waals surface area contributed by atoms with Crippen LogP contribution in [0.4, 0.5) is 42.6 Å². The summed E-state index contributed by atoms with van der Waals surface area (Å²) in [5, 5.41) is 2.30. The molecule has 2 aromatic rings. The van der Waals surface area contributed by atoms with Crippen molar-refractivity contribution in [1.82, 2.24) is 14.9 Å². The number of aromatic nitrogens is 2. The number of carbonyl (C=O) groups is 2. The summed E-state index contributed by atoms with van der Waals surface area (Å²) in [7, 11) is 0. The highest BCUT2D eigenvalue weighted by molar-refractivity contribution is 6.00. The van der Waals surface area contributed by atoms with Crippen LogP contribution >= 0.6 is 0 Å². The number of pyridine rings is 2. The van der Waals surface area contributed by atoms with Crippen LogP contribution in [0.1, 0.15) is 43.5 Å². The number of nitrogens with zero attached hydrogens (tertiary/aromatic N) is 4. The molecule has 35 heavy (non-hydrogen) atoms. The van der Waals surface area contributed by atoms with Crippen molar-refractivity contribution in [2.75, 3.05) is 23.3 Å². The largest absolute Gasteiger partial charge is 0.433 e. The second-order valence-corrected chi connectivity index (χ2v) is 8.59. The zero-order valence-electron chi connectivity index (χ0n) is 18.3. The number of nitrogens with one attached hydrogen (secondary N) is 1. The maximum absolute atomic E-state index is 13.3. The predicted molar refractivity (Wildman–Crippen MR) is 112 cm³/mol. The Kier molecular flexibility index (Phi) is 6.36. The summed E-state index contributed by atoms with van der Waals surface area (Å²) >= 11 is 0. The van der Waals surface area contributed by atoms with Gasteiger partial charge in [0.2, 0.25) is 5.91 Å². The van der Waals surface area contributed by atoms with Crippen LogP contribution in [0.25, 0.3) is 0 Å². The van der Waals surface area contributed by atoms with Crippen molar-refractivity contribution in [3.63, 3.8) is 0 Å². The summed E-state index contributed by atoms with van der Waals surface area (Å²) < 4.78 is 77.4. The average molecular weight is 501 g/mol. The van der Waals surface area contributed by atoms with Crippen LogP contribution in [0, 0.1) is 0 Å². The van der Waals surface area contributed by atoms with E-state index in [-0.39, 0.29) is 18.1 Å². The maximum atomic E-state index is 13.3. The lowest BCUT2D eigenvalue weighted by Crippen LogP contribution is -2.51. The molecule has 188 valence electrons. The van der Waals surface area contributed by atoms with Gasteiger partial charge in [-0.05, 0) is 37.1 Å². The summed E-state index contributed by atoms with van der Waals surface area (Å²) in [6, 6.07) is 4.43. The number of amides is 3.